The van der Waals surface area contributed by atoms with Crippen LogP contribution in [0.25, 0.3) is 89.7 Å². The van der Waals surface area contributed by atoms with Crippen LogP contribution in [0.3, 0.4) is 0 Å². The van der Waals surface area contributed by atoms with Gasteiger partial charge in [0.15, 0.2) is 0 Å². The second kappa shape index (κ2) is 35.2. The first kappa shape index (κ1) is 74.0. The molecule has 108 heavy (non-hydrogen) atoms. The fourth-order valence-electron chi connectivity index (χ4n) is 14.5. The highest BCUT2D eigenvalue weighted by Gasteiger charge is 2.25. The minimum atomic E-state index is -0.437. The molecule has 12 N–H and O–H groups in total. The Balaban J connectivity index is 0.000000130. The molecule has 7 heterocycles. The van der Waals surface area contributed by atoms with Gasteiger partial charge in [-0.3, -0.25) is 39.4 Å². The Hall–Kier alpha value is -12.3. The van der Waals surface area contributed by atoms with Crippen molar-refractivity contribution in [2.75, 3.05) is 32.7 Å². The number of benzene rings is 5. The maximum Gasteiger partial charge on any atom is 0.269 e. The van der Waals surface area contributed by atoms with Crippen molar-refractivity contribution >= 4 is 114 Å². The summed E-state index contributed by atoms with van der Waals surface area (Å²) >= 11 is 0. The van der Waals surface area contributed by atoms with E-state index in [2.05, 4.69) is 71.1 Å². The molecule has 0 aliphatic heterocycles. The summed E-state index contributed by atoms with van der Waals surface area (Å²) < 4.78 is 0. The smallest absolute Gasteiger partial charge is 0.269 e. The molecule has 27 heteroatoms. The normalized spacial score (nSPS) is 15.5. The summed E-state index contributed by atoms with van der Waals surface area (Å²) in [6.45, 7) is 0. The Morgan fingerprint density at radius 2 is 0.648 bits per heavy atom. The number of aromatic amines is 4. The fraction of sp³-hybridized carbons (Fsp3) is 0.346. The standard InChI is InChI=1S/C29H36N4O2.C20H21N5O3.C20H23N5O.C12H9N5O2/c34-28(21-9-5-1-2-6-10-21)30-23-15-13-20(14-16-23)27-32-25-18-17-24(19-26(25)33-27)31-29(35)22-11-7-3-4-8-12-22;26-20(14-5-3-1-2-4-6-14)24-18-11-16-17(12-21-18)23-19(22-16)13-7-9-15(10-8-13)25(27)28;21-15-9-7-13(8-10-15)19-23-16-11-18(22-12-17(16)24-19)25-20(26)14-5-3-1-2-4-6-14;13-11-5-9-10(6-14-11)16-12(15-9)7-1-3-8(4-2-7)17(18)19/h13-19,21-22H,1-12H2,(H,30,34)(H,31,35)(H,32,33);7-12,14H,1-6H2,(H,22,23)(H,21,24,26);7-12,14H,1-6,21H2,(H,23,24)(H,22,25,26);1-6H,(H2,13,14)(H,15,16). The molecule has 556 valence electrons. The van der Waals surface area contributed by atoms with Gasteiger partial charge in [-0.1, -0.05) is 103 Å². The Labute approximate surface area is 622 Å². The van der Waals surface area contributed by atoms with Crippen molar-refractivity contribution in [2.45, 2.75) is 154 Å². The van der Waals surface area contributed by atoms with Gasteiger partial charge >= 0.3 is 0 Å². The van der Waals surface area contributed by atoms with Crippen molar-refractivity contribution in [3.8, 4) is 45.6 Å². The average Bonchev–Trinajstić information content (AvgIpc) is 1.69. The zero-order valence-electron chi connectivity index (χ0n) is 60.2. The number of rotatable bonds is 14. The van der Waals surface area contributed by atoms with Gasteiger partial charge in [0, 0.05) is 105 Å². The molecule has 4 aliphatic rings. The van der Waals surface area contributed by atoms with Crippen LogP contribution in [0.15, 0.2) is 152 Å². The number of carbonyl (C=O) groups is 4. The van der Waals surface area contributed by atoms with Crippen LogP contribution < -0.4 is 32.7 Å². The first-order valence-electron chi connectivity index (χ1n) is 37.6. The Bertz CT molecular complexity index is 5100. The van der Waals surface area contributed by atoms with Crippen LogP contribution in [0.4, 0.5) is 45.9 Å². The molecule has 0 radical (unpaired) electrons. The maximum absolute atomic E-state index is 12.7. The molecule has 0 bridgehead atoms. The van der Waals surface area contributed by atoms with E-state index in [0.29, 0.717) is 40.1 Å². The number of amides is 4. The van der Waals surface area contributed by atoms with Gasteiger partial charge in [-0.25, -0.2) is 34.9 Å². The lowest BCUT2D eigenvalue weighted by molar-refractivity contribution is -0.385. The van der Waals surface area contributed by atoms with Crippen molar-refractivity contribution in [3.05, 3.63) is 172 Å². The molecule has 0 atom stereocenters. The van der Waals surface area contributed by atoms with Crippen LogP contribution in [-0.2, 0) is 19.2 Å². The Morgan fingerprint density at radius 3 is 1.03 bits per heavy atom. The summed E-state index contributed by atoms with van der Waals surface area (Å²) in [5.41, 5.74) is 23.4. The molecule has 0 unspecified atom stereocenters. The van der Waals surface area contributed by atoms with Crippen molar-refractivity contribution < 1.29 is 29.0 Å². The van der Waals surface area contributed by atoms with E-state index in [-0.39, 0.29) is 58.7 Å². The van der Waals surface area contributed by atoms with E-state index >= 15 is 0 Å². The molecular formula is C81H89N19O8. The number of pyridine rings is 3. The number of fused-ring (bicyclic) bond motifs is 4. The van der Waals surface area contributed by atoms with Crippen molar-refractivity contribution in [1.82, 2.24) is 54.8 Å². The summed E-state index contributed by atoms with van der Waals surface area (Å²) in [6.07, 6.45) is 31.6. The monoisotopic (exact) mass is 1460 g/mol. The Morgan fingerprint density at radius 1 is 0.343 bits per heavy atom. The molecule has 4 amide bonds. The van der Waals surface area contributed by atoms with E-state index in [1.807, 2.05) is 72.8 Å². The lowest BCUT2D eigenvalue weighted by atomic mass is 9.99. The molecule has 7 aromatic heterocycles. The number of aromatic nitrogens is 11. The predicted octanol–water partition coefficient (Wildman–Crippen LogP) is 17.7. The lowest BCUT2D eigenvalue weighted by Gasteiger charge is -2.14. The van der Waals surface area contributed by atoms with Gasteiger partial charge in [0.2, 0.25) is 23.6 Å². The highest BCUT2D eigenvalue weighted by molar-refractivity contribution is 5.97. The quantitative estimate of drug-likeness (QED) is 0.0209. The van der Waals surface area contributed by atoms with E-state index in [9.17, 15) is 39.4 Å². The summed E-state index contributed by atoms with van der Waals surface area (Å²) in [6, 6.07) is 38.8. The number of nitrogens with zero attached hydrogens (tertiary/aromatic N) is 9. The molecule has 5 aromatic carbocycles. The number of nitrogens with two attached hydrogens (primary N) is 2. The molecule has 27 nitrogen and oxygen atoms in total. The molecule has 4 fully saturated rings. The minimum Gasteiger partial charge on any atom is -0.399 e. The number of nitrogen functional groups attached to an aromatic ring is 2. The van der Waals surface area contributed by atoms with E-state index < -0.39 is 9.85 Å². The van der Waals surface area contributed by atoms with Gasteiger partial charge in [0.25, 0.3) is 11.4 Å². The lowest BCUT2D eigenvalue weighted by Crippen LogP contribution is -2.22. The number of nitrogens with one attached hydrogen (secondary N) is 8. The average molecular weight is 1460 g/mol. The third-order valence-corrected chi connectivity index (χ3v) is 20.6. The van der Waals surface area contributed by atoms with Crippen molar-refractivity contribution in [3.63, 3.8) is 0 Å². The van der Waals surface area contributed by atoms with Crippen LogP contribution in [0.1, 0.15) is 154 Å². The number of anilines is 6. The van der Waals surface area contributed by atoms with Gasteiger partial charge in [0.1, 0.15) is 40.8 Å². The number of nitro groups is 2. The van der Waals surface area contributed by atoms with Gasteiger partial charge in [-0.05, 0) is 142 Å². The molecule has 0 spiro atoms. The number of H-pyrrole nitrogens is 4. The number of hydrogen-bond donors (Lipinski definition) is 10. The van der Waals surface area contributed by atoms with E-state index in [0.717, 1.165) is 187 Å². The van der Waals surface area contributed by atoms with Gasteiger partial charge in [-0.2, -0.15) is 0 Å². The van der Waals surface area contributed by atoms with Gasteiger partial charge in [0.05, 0.1) is 72.6 Å². The predicted molar refractivity (Wildman–Crippen MR) is 421 cm³/mol. The first-order valence-corrected chi connectivity index (χ1v) is 37.6. The van der Waals surface area contributed by atoms with Crippen molar-refractivity contribution in [2.24, 2.45) is 23.7 Å². The second-order valence-corrected chi connectivity index (χ2v) is 28.4. The molecular weight excluding hydrogens is 1370 g/mol. The summed E-state index contributed by atoms with van der Waals surface area (Å²) in [5, 5.41) is 33.5. The number of hydrogen-bond acceptors (Lipinski definition) is 17. The van der Waals surface area contributed by atoms with Crippen molar-refractivity contribution in [1.29, 1.82) is 0 Å². The summed E-state index contributed by atoms with van der Waals surface area (Å²) in [5.74, 6) is 4.97. The summed E-state index contributed by atoms with van der Waals surface area (Å²) in [4.78, 5) is 115. The van der Waals surface area contributed by atoms with E-state index in [4.69, 9.17) is 16.5 Å². The van der Waals surface area contributed by atoms with E-state index in [1.54, 1.807) is 55.0 Å². The van der Waals surface area contributed by atoms with Crippen LogP contribution in [0.2, 0.25) is 0 Å². The molecule has 4 aliphatic carbocycles. The summed E-state index contributed by atoms with van der Waals surface area (Å²) in [7, 11) is 0. The molecule has 4 saturated carbocycles. The molecule has 0 saturated heterocycles. The largest absolute Gasteiger partial charge is 0.399 e. The molecule has 16 rings (SSSR count). The SMILES string of the molecule is Nc1cc2nc(-c3ccc([N+](=O)[O-])cc3)[nH]c2cn1.Nc1ccc(-c2nc3cc(NC(=O)C4CCCCCC4)ncc3[nH]2)cc1.O=C(Nc1cc2nc(-c3ccc([N+](=O)[O-])cc3)[nH]c2cn1)C1CCCCCC1.O=C(Nc1ccc(-c2nc3ccc(NC(=O)C4CCCCCC4)cc3[nH]2)cc1)C1CCCCCC1. The van der Waals surface area contributed by atoms with Gasteiger partial charge < -0.3 is 52.7 Å². The third-order valence-electron chi connectivity index (χ3n) is 20.6. The topological polar surface area (TPSA) is 408 Å². The van der Waals surface area contributed by atoms with Crippen LogP contribution in [0, 0.1) is 43.9 Å². The minimum absolute atomic E-state index is 0.0277. The third kappa shape index (κ3) is 19.4. The van der Waals surface area contributed by atoms with Crippen LogP contribution in [-0.4, -0.2) is 88.3 Å². The number of carbonyl (C=O) groups excluding carboxylic acids is 4. The zero-order valence-corrected chi connectivity index (χ0v) is 60.2. The second-order valence-electron chi connectivity index (χ2n) is 28.4. The number of non-ortho nitro benzene ring substituents is 2. The highest BCUT2D eigenvalue weighted by Crippen LogP contribution is 2.33. The first-order chi connectivity index (χ1) is 52.6. The fourth-order valence-corrected chi connectivity index (χ4v) is 14.5. The van der Waals surface area contributed by atoms with E-state index in [1.165, 1.54) is 75.6 Å². The zero-order chi connectivity index (χ0) is 74.9. The highest BCUT2D eigenvalue weighted by atomic mass is 16.6. The van der Waals surface area contributed by atoms with Crippen LogP contribution in [0.5, 0.6) is 0 Å². The number of imidazole rings is 4. The van der Waals surface area contributed by atoms with Crippen LogP contribution >= 0.6 is 0 Å². The number of nitro benzene ring substituents is 2. The Kier molecular flexibility index (Phi) is 24.1. The maximum atomic E-state index is 12.7. The van der Waals surface area contributed by atoms with Gasteiger partial charge in [-0.15, -0.1) is 0 Å². The molecule has 12 aromatic rings.